The number of pyridine rings is 2. The van der Waals surface area contributed by atoms with Gasteiger partial charge in [0.2, 0.25) is 0 Å². The van der Waals surface area contributed by atoms with Crippen LogP contribution in [0.4, 0.5) is 21.0 Å². The zero-order chi connectivity index (χ0) is 30.7. The predicted octanol–water partition coefficient (Wildman–Crippen LogP) is 7.24. The normalized spacial score (nSPS) is 11.4. The van der Waals surface area contributed by atoms with Crippen molar-refractivity contribution in [2.24, 2.45) is 0 Å². The highest BCUT2D eigenvalue weighted by molar-refractivity contribution is 9.11. The predicted molar refractivity (Wildman–Crippen MR) is 155 cm³/mol. The van der Waals surface area contributed by atoms with Gasteiger partial charge in [-0.05, 0) is 73.4 Å². The zero-order valence-corrected chi connectivity index (χ0v) is 27.4. The second kappa shape index (κ2) is 12.9. The minimum Gasteiger partial charge on any atom is -0.465 e. The summed E-state index contributed by atoms with van der Waals surface area (Å²) >= 11 is 19.1. The second-order valence-corrected chi connectivity index (χ2v) is 12.2. The smallest absolute Gasteiger partial charge is 0.412 e. The van der Waals surface area contributed by atoms with Gasteiger partial charge in [0.1, 0.15) is 44.0 Å². The van der Waals surface area contributed by atoms with Gasteiger partial charge in [0.15, 0.2) is 0 Å². The third kappa shape index (κ3) is 8.18. The molecule has 0 bridgehead atoms. The van der Waals surface area contributed by atoms with Crippen LogP contribution in [0.25, 0.3) is 11.4 Å². The van der Waals surface area contributed by atoms with Crippen LogP contribution in [-0.4, -0.2) is 59.5 Å². The maximum absolute atomic E-state index is 13.1. The van der Waals surface area contributed by atoms with E-state index in [-0.39, 0.29) is 53.1 Å². The van der Waals surface area contributed by atoms with Gasteiger partial charge in [0.05, 0.1) is 34.5 Å². The van der Waals surface area contributed by atoms with Crippen LogP contribution in [0.3, 0.4) is 0 Å². The molecular weight excluding hydrogens is 703 g/mol. The van der Waals surface area contributed by atoms with E-state index in [1.54, 1.807) is 41.5 Å². The number of esters is 2. The van der Waals surface area contributed by atoms with E-state index in [2.05, 4.69) is 52.5 Å². The van der Waals surface area contributed by atoms with E-state index in [1.165, 1.54) is 0 Å². The number of anilines is 2. The largest absolute Gasteiger partial charge is 0.465 e. The summed E-state index contributed by atoms with van der Waals surface area (Å²) in [5.41, 5.74) is -3.59. The first-order valence-corrected chi connectivity index (χ1v) is 13.6. The summed E-state index contributed by atoms with van der Waals surface area (Å²) in [6.07, 6.45) is -1.87. The van der Waals surface area contributed by atoms with E-state index in [9.17, 15) is 19.2 Å². The molecule has 0 spiro atoms. The molecule has 2 rings (SSSR count). The number of nitrogens with zero attached hydrogens (tertiary/aromatic N) is 2. The number of rotatable bonds is 5. The lowest BCUT2D eigenvalue weighted by atomic mass is 10.0. The molecule has 0 aliphatic heterocycles. The molecule has 0 saturated carbocycles. The highest BCUT2D eigenvalue weighted by Gasteiger charge is 2.34. The number of aromatic nitrogens is 2. The molecule has 12 nitrogen and oxygen atoms in total. The van der Waals surface area contributed by atoms with Crippen molar-refractivity contribution >= 4 is 90.6 Å². The van der Waals surface area contributed by atoms with E-state index in [4.69, 9.17) is 42.1 Å². The number of hydrogen-bond acceptors (Lipinski definition) is 10. The van der Waals surface area contributed by atoms with E-state index in [0.29, 0.717) is 0 Å². The van der Waals surface area contributed by atoms with E-state index in [0.717, 1.165) is 14.2 Å². The summed E-state index contributed by atoms with van der Waals surface area (Å²) in [6.45, 7) is 9.85. The van der Waals surface area contributed by atoms with Gasteiger partial charge in [-0.15, -0.1) is 0 Å². The first-order chi connectivity index (χ1) is 18.3. The molecule has 218 valence electrons. The van der Waals surface area contributed by atoms with Crippen LogP contribution < -0.4 is 10.6 Å². The second-order valence-electron chi connectivity index (χ2n) is 9.87. The van der Waals surface area contributed by atoms with Gasteiger partial charge in [-0.25, -0.2) is 29.1 Å². The van der Waals surface area contributed by atoms with Crippen molar-refractivity contribution in [1.82, 2.24) is 9.97 Å². The Labute approximate surface area is 257 Å². The van der Waals surface area contributed by atoms with E-state index < -0.39 is 35.3 Å². The molecule has 2 aromatic heterocycles. The van der Waals surface area contributed by atoms with Crippen molar-refractivity contribution in [2.75, 3.05) is 24.9 Å². The van der Waals surface area contributed by atoms with Crippen molar-refractivity contribution in [3.05, 3.63) is 30.4 Å². The monoisotopic (exact) mass is 726 g/mol. The molecule has 2 amide bonds. The first-order valence-electron chi connectivity index (χ1n) is 11.3. The SMILES string of the molecule is COC(=O)c1c(-c2nc(Cl)c(Br)c(NC(=O)OC(C)(C)C)c2C(=O)OC)nc(Cl)c(Br)c1NC(=O)OC(C)(C)C. The standard InChI is InChI=1S/C24H26Br2Cl2N4O8/c1-23(2,3)39-21(35)31-13-9(19(33)37-7)15(29-17(27)11(13)25)16-10(20(34)38-8)14(12(26)18(28)30-16)32-22(36)40-24(4,5)6/h1-8H3,(H,29,31,35)(H,30,32,36). The van der Waals surface area contributed by atoms with Gasteiger partial charge >= 0.3 is 24.1 Å². The van der Waals surface area contributed by atoms with E-state index in [1.807, 2.05) is 0 Å². The van der Waals surface area contributed by atoms with Gasteiger partial charge in [-0.2, -0.15) is 0 Å². The Morgan fingerprint density at radius 1 is 0.675 bits per heavy atom. The van der Waals surface area contributed by atoms with Gasteiger partial charge in [0.25, 0.3) is 0 Å². The summed E-state index contributed by atoms with van der Waals surface area (Å²) in [5.74, 6) is -1.99. The van der Waals surface area contributed by atoms with Gasteiger partial charge in [0, 0.05) is 0 Å². The van der Waals surface area contributed by atoms with Crippen molar-refractivity contribution in [2.45, 2.75) is 52.7 Å². The number of carbonyl (C=O) groups excluding carboxylic acids is 4. The molecule has 0 fully saturated rings. The average molecular weight is 729 g/mol. The molecule has 0 saturated heterocycles. The summed E-state index contributed by atoms with van der Waals surface area (Å²) in [5, 5.41) is 4.42. The number of amides is 2. The fourth-order valence-electron chi connectivity index (χ4n) is 3.06. The molecule has 0 unspecified atom stereocenters. The minimum absolute atomic E-state index is 0.000828. The summed E-state index contributed by atoms with van der Waals surface area (Å²) in [4.78, 5) is 59.9. The van der Waals surface area contributed by atoms with Gasteiger partial charge < -0.3 is 18.9 Å². The fourth-order valence-corrected chi connectivity index (χ4v) is 4.19. The maximum Gasteiger partial charge on any atom is 0.412 e. The van der Waals surface area contributed by atoms with Crippen LogP contribution >= 0.6 is 55.1 Å². The Bertz CT molecular complexity index is 1270. The molecule has 2 aromatic rings. The molecule has 0 aliphatic carbocycles. The Hall–Kier alpha value is -2.68. The summed E-state index contributed by atoms with van der Waals surface area (Å²) in [7, 11) is 2.18. The number of nitrogens with one attached hydrogen (secondary N) is 2. The Morgan fingerprint density at radius 3 is 1.23 bits per heavy atom. The lowest BCUT2D eigenvalue weighted by Crippen LogP contribution is -2.28. The fraction of sp³-hybridized carbons (Fsp3) is 0.417. The highest BCUT2D eigenvalue weighted by Crippen LogP contribution is 2.43. The number of methoxy groups -OCH3 is 2. The van der Waals surface area contributed by atoms with Crippen LogP contribution in [0.5, 0.6) is 0 Å². The van der Waals surface area contributed by atoms with Crippen molar-refractivity contribution in [3.63, 3.8) is 0 Å². The molecule has 0 aliphatic rings. The molecule has 0 radical (unpaired) electrons. The van der Waals surface area contributed by atoms with E-state index >= 15 is 0 Å². The summed E-state index contributed by atoms with van der Waals surface area (Å²) in [6, 6.07) is 0. The molecular formula is C24H26Br2Cl2N4O8. The Kier molecular flexibility index (Phi) is 10.8. The van der Waals surface area contributed by atoms with Crippen LogP contribution in [0.15, 0.2) is 8.95 Å². The number of carbonyl (C=O) groups is 4. The van der Waals surface area contributed by atoms with Crippen LogP contribution in [0.1, 0.15) is 62.3 Å². The quantitative estimate of drug-likeness (QED) is 0.183. The van der Waals surface area contributed by atoms with Gasteiger partial charge in [-0.3, -0.25) is 10.6 Å². The number of ether oxygens (including phenoxy) is 4. The Balaban J connectivity index is 2.98. The third-order valence-corrected chi connectivity index (χ3v) is 7.00. The van der Waals surface area contributed by atoms with Crippen molar-refractivity contribution in [1.29, 1.82) is 0 Å². The molecule has 0 aromatic carbocycles. The van der Waals surface area contributed by atoms with Crippen LogP contribution in [0.2, 0.25) is 10.3 Å². The highest BCUT2D eigenvalue weighted by atomic mass is 79.9. The summed E-state index contributed by atoms with van der Waals surface area (Å²) < 4.78 is 20.5. The number of hydrogen-bond donors (Lipinski definition) is 2. The first kappa shape index (κ1) is 33.5. The maximum atomic E-state index is 13.1. The van der Waals surface area contributed by atoms with Crippen molar-refractivity contribution in [3.8, 4) is 11.4 Å². The molecule has 40 heavy (non-hydrogen) atoms. The Morgan fingerprint density at radius 2 is 0.975 bits per heavy atom. The molecule has 2 N–H and O–H groups in total. The molecule has 16 heteroatoms. The topological polar surface area (TPSA) is 155 Å². The molecule has 0 atom stereocenters. The number of halogens is 4. The molecule has 2 heterocycles. The van der Waals surface area contributed by atoms with Gasteiger partial charge in [-0.1, -0.05) is 23.2 Å². The minimum atomic E-state index is -0.996. The lowest BCUT2D eigenvalue weighted by Gasteiger charge is -2.23. The average Bonchev–Trinajstić information content (AvgIpc) is 2.81. The zero-order valence-electron chi connectivity index (χ0n) is 22.7. The van der Waals surface area contributed by atoms with Crippen molar-refractivity contribution < 1.29 is 38.1 Å². The van der Waals surface area contributed by atoms with Crippen LogP contribution in [0, 0.1) is 0 Å². The van der Waals surface area contributed by atoms with Crippen LogP contribution in [-0.2, 0) is 18.9 Å². The third-order valence-electron chi connectivity index (χ3n) is 4.45. The lowest BCUT2D eigenvalue weighted by molar-refractivity contribution is 0.0586.